The van der Waals surface area contributed by atoms with E-state index in [4.69, 9.17) is 0 Å². The number of fused-ring (bicyclic) bond motifs is 1. The Morgan fingerprint density at radius 1 is 1.32 bits per heavy atom. The highest BCUT2D eigenvalue weighted by atomic mass is 32.2. The van der Waals surface area contributed by atoms with Crippen LogP contribution in [0.5, 0.6) is 0 Å². The Labute approximate surface area is 130 Å². The predicted molar refractivity (Wildman–Crippen MR) is 87.7 cm³/mol. The largest absolute Gasteiger partial charge is 0.369 e. The third-order valence-electron chi connectivity index (χ3n) is 3.83. The number of nitrogens with zero attached hydrogens (tertiary/aromatic N) is 3. The number of benzene rings is 1. The maximum atomic E-state index is 11.5. The second-order valence-electron chi connectivity index (χ2n) is 5.57. The molecular formula is C15H20N4O2S. The van der Waals surface area contributed by atoms with Crippen LogP contribution in [0.25, 0.3) is 0 Å². The third-order valence-corrected chi connectivity index (χ3v) is 4.42. The lowest BCUT2D eigenvalue weighted by Crippen LogP contribution is -2.32. The van der Waals surface area contributed by atoms with Crippen LogP contribution < -0.4 is 9.62 Å². The van der Waals surface area contributed by atoms with Gasteiger partial charge in [0, 0.05) is 37.7 Å². The SMILES string of the molecule is CS(=O)(=O)Nc1cccc2c1CCCN2CCn1ccnc1. The van der Waals surface area contributed by atoms with Crippen LogP contribution in [0.2, 0.25) is 0 Å². The molecule has 0 spiro atoms. The molecule has 1 aromatic heterocycles. The van der Waals surface area contributed by atoms with Crippen molar-refractivity contribution in [1.29, 1.82) is 0 Å². The number of hydrogen-bond acceptors (Lipinski definition) is 4. The van der Waals surface area contributed by atoms with Gasteiger partial charge < -0.3 is 9.47 Å². The van der Waals surface area contributed by atoms with Crippen molar-refractivity contribution >= 4 is 21.4 Å². The van der Waals surface area contributed by atoms with E-state index in [2.05, 4.69) is 20.7 Å². The molecule has 7 heteroatoms. The number of sulfonamides is 1. The molecule has 22 heavy (non-hydrogen) atoms. The standard InChI is InChI=1S/C15H20N4O2S/c1-22(20,21)17-14-5-2-6-15-13(14)4-3-8-19(15)11-10-18-9-7-16-12-18/h2,5-7,9,12,17H,3-4,8,10-11H2,1H3. The zero-order chi connectivity index (χ0) is 15.6. The lowest BCUT2D eigenvalue weighted by atomic mass is 10.00. The van der Waals surface area contributed by atoms with Crippen molar-refractivity contribution in [3.8, 4) is 0 Å². The van der Waals surface area contributed by atoms with E-state index in [9.17, 15) is 8.42 Å². The molecule has 118 valence electrons. The van der Waals surface area contributed by atoms with Gasteiger partial charge in [-0.25, -0.2) is 13.4 Å². The first-order valence-corrected chi connectivity index (χ1v) is 9.22. The first-order valence-electron chi connectivity index (χ1n) is 7.33. The van der Waals surface area contributed by atoms with Crippen LogP contribution in [0.15, 0.2) is 36.9 Å². The molecule has 6 nitrogen and oxygen atoms in total. The first kappa shape index (κ1) is 14.9. The monoisotopic (exact) mass is 320 g/mol. The van der Waals surface area contributed by atoms with Crippen LogP contribution in [-0.4, -0.2) is 37.3 Å². The number of rotatable bonds is 5. The molecule has 1 N–H and O–H groups in total. The van der Waals surface area contributed by atoms with Gasteiger partial charge in [0.1, 0.15) is 0 Å². The van der Waals surface area contributed by atoms with Crippen molar-refractivity contribution in [2.45, 2.75) is 19.4 Å². The van der Waals surface area contributed by atoms with E-state index >= 15 is 0 Å². The predicted octanol–water partition coefficient (Wildman–Crippen LogP) is 1.71. The van der Waals surface area contributed by atoms with E-state index < -0.39 is 10.0 Å². The van der Waals surface area contributed by atoms with Crippen molar-refractivity contribution < 1.29 is 8.42 Å². The lowest BCUT2D eigenvalue weighted by Gasteiger charge is -2.32. The molecule has 1 aromatic carbocycles. The van der Waals surface area contributed by atoms with Crippen molar-refractivity contribution in [2.24, 2.45) is 0 Å². The second kappa shape index (κ2) is 6.00. The van der Waals surface area contributed by atoms with Crippen LogP contribution in [0.3, 0.4) is 0 Å². The molecule has 0 radical (unpaired) electrons. The van der Waals surface area contributed by atoms with Crippen LogP contribution in [0.1, 0.15) is 12.0 Å². The highest BCUT2D eigenvalue weighted by Crippen LogP contribution is 2.33. The Morgan fingerprint density at radius 2 is 2.18 bits per heavy atom. The molecule has 0 saturated carbocycles. The van der Waals surface area contributed by atoms with Crippen molar-refractivity contribution in [3.05, 3.63) is 42.5 Å². The Morgan fingerprint density at radius 3 is 2.91 bits per heavy atom. The average molecular weight is 320 g/mol. The summed E-state index contributed by atoms with van der Waals surface area (Å²) in [5.74, 6) is 0. The summed E-state index contributed by atoms with van der Waals surface area (Å²) in [5, 5.41) is 0. The smallest absolute Gasteiger partial charge is 0.229 e. The van der Waals surface area contributed by atoms with Crippen molar-refractivity contribution in [1.82, 2.24) is 9.55 Å². The van der Waals surface area contributed by atoms with Crippen LogP contribution in [-0.2, 0) is 23.0 Å². The minimum Gasteiger partial charge on any atom is -0.369 e. The molecule has 3 rings (SSSR count). The number of hydrogen-bond donors (Lipinski definition) is 1. The van der Waals surface area contributed by atoms with E-state index in [1.54, 1.807) is 6.20 Å². The maximum Gasteiger partial charge on any atom is 0.229 e. The first-order chi connectivity index (χ1) is 10.5. The molecule has 0 amide bonds. The molecule has 0 unspecified atom stereocenters. The van der Waals surface area contributed by atoms with Crippen LogP contribution in [0.4, 0.5) is 11.4 Å². The fourth-order valence-corrected chi connectivity index (χ4v) is 3.47. The lowest BCUT2D eigenvalue weighted by molar-refractivity contribution is 0.606. The summed E-state index contributed by atoms with van der Waals surface area (Å²) in [6.07, 6.45) is 8.65. The molecule has 1 aliphatic heterocycles. The zero-order valence-electron chi connectivity index (χ0n) is 12.6. The van der Waals surface area contributed by atoms with Gasteiger partial charge in [-0.05, 0) is 30.5 Å². The number of anilines is 2. The van der Waals surface area contributed by atoms with E-state index in [0.717, 1.165) is 43.7 Å². The quantitative estimate of drug-likeness (QED) is 0.911. The topological polar surface area (TPSA) is 67.2 Å². The van der Waals surface area contributed by atoms with Crippen LogP contribution >= 0.6 is 0 Å². The summed E-state index contributed by atoms with van der Waals surface area (Å²) in [6, 6.07) is 5.80. The second-order valence-corrected chi connectivity index (χ2v) is 7.32. The molecule has 0 fully saturated rings. The molecule has 0 aliphatic carbocycles. The fourth-order valence-electron chi connectivity index (χ4n) is 2.88. The minimum atomic E-state index is -3.26. The van der Waals surface area contributed by atoms with Gasteiger partial charge in [0.15, 0.2) is 0 Å². The summed E-state index contributed by atoms with van der Waals surface area (Å²) >= 11 is 0. The van der Waals surface area contributed by atoms with Gasteiger partial charge >= 0.3 is 0 Å². The number of imidazole rings is 1. The molecule has 1 aliphatic rings. The van der Waals surface area contributed by atoms with Gasteiger partial charge in [0.2, 0.25) is 10.0 Å². The third kappa shape index (κ3) is 3.41. The highest BCUT2D eigenvalue weighted by molar-refractivity contribution is 7.92. The average Bonchev–Trinajstić information content (AvgIpc) is 2.97. The van der Waals surface area contributed by atoms with Gasteiger partial charge in [-0.2, -0.15) is 0 Å². The fraction of sp³-hybridized carbons (Fsp3) is 0.400. The van der Waals surface area contributed by atoms with Gasteiger partial charge in [-0.3, -0.25) is 4.72 Å². The van der Waals surface area contributed by atoms with E-state index in [1.165, 1.54) is 6.26 Å². The van der Waals surface area contributed by atoms with Gasteiger partial charge in [0.05, 0.1) is 18.3 Å². The highest BCUT2D eigenvalue weighted by Gasteiger charge is 2.20. The number of aromatic nitrogens is 2. The Hall–Kier alpha value is -2.02. The zero-order valence-corrected chi connectivity index (χ0v) is 13.4. The Balaban J connectivity index is 1.82. The Bertz CT molecular complexity index is 741. The normalized spacial score (nSPS) is 14.7. The summed E-state index contributed by atoms with van der Waals surface area (Å²) in [5.41, 5.74) is 2.91. The van der Waals surface area contributed by atoms with E-state index in [0.29, 0.717) is 5.69 Å². The minimum absolute atomic E-state index is 0.701. The van der Waals surface area contributed by atoms with Crippen LogP contribution in [0, 0.1) is 0 Å². The van der Waals surface area contributed by atoms with E-state index in [1.807, 2.05) is 29.2 Å². The van der Waals surface area contributed by atoms with Gasteiger partial charge in [0.25, 0.3) is 0 Å². The van der Waals surface area contributed by atoms with Gasteiger partial charge in [-0.15, -0.1) is 0 Å². The molecule has 0 bridgehead atoms. The van der Waals surface area contributed by atoms with Crippen molar-refractivity contribution in [2.75, 3.05) is 29.0 Å². The Kier molecular flexibility index (Phi) is 4.06. The molecule has 2 heterocycles. The maximum absolute atomic E-state index is 11.5. The summed E-state index contributed by atoms with van der Waals surface area (Å²) in [7, 11) is -3.26. The summed E-state index contributed by atoms with van der Waals surface area (Å²) in [4.78, 5) is 6.36. The van der Waals surface area contributed by atoms with Crippen molar-refractivity contribution in [3.63, 3.8) is 0 Å². The molecule has 0 atom stereocenters. The van der Waals surface area contributed by atoms with Gasteiger partial charge in [-0.1, -0.05) is 6.07 Å². The molecular weight excluding hydrogens is 300 g/mol. The van der Waals surface area contributed by atoms with E-state index in [-0.39, 0.29) is 0 Å². The number of nitrogens with one attached hydrogen (secondary N) is 1. The molecule has 0 saturated heterocycles. The molecule has 2 aromatic rings. The summed E-state index contributed by atoms with van der Waals surface area (Å²) < 4.78 is 27.7. The summed E-state index contributed by atoms with van der Waals surface area (Å²) in [6.45, 7) is 2.74.